The van der Waals surface area contributed by atoms with Gasteiger partial charge in [-0.05, 0) is 118 Å². The number of nitrogens with two attached hydrogens (primary N) is 4. The molecule has 6 aromatic rings. The first-order chi connectivity index (χ1) is 66.9. The van der Waals surface area contributed by atoms with Crippen molar-refractivity contribution < 1.29 is 102 Å². The second-order valence-corrected chi connectivity index (χ2v) is 37.8. The van der Waals surface area contributed by atoms with Crippen LogP contribution >= 0.6 is 11.8 Å². The average molecular weight is 1980 g/mol. The first kappa shape index (κ1) is 112. The number of phenols is 1. The van der Waals surface area contributed by atoms with Crippen LogP contribution in [0.4, 0.5) is 5.82 Å². The molecule has 5 heterocycles. The number of aromatic hydroxyl groups is 1. The molecule has 0 saturated carbocycles. The third-order valence-corrected chi connectivity index (χ3v) is 25.8. The predicted octanol–water partition coefficient (Wildman–Crippen LogP) is -0.672. The predicted molar refractivity (Wildman–Crippen MR) is 523 cm³/mol. The topological polar surface area (TPSA) is 655 Å². The van der Waals surface area contributed by atoms with Crippen molar-refractivity contribution in [2.75, 3.05) is 70.7 Å². The fraction of sp³-hybridized carbons (Fsp3) is 0.542. The number of aliphatic hydroxyl groups excluding tert-OH is 1. The van der Waals surface area contributed by atoms with Crippen molar-refractivity contribution in [2.24, 2.45) is 40.7 Å². The van der Waals surface area contributed by atoms with E-state index in [-0.39, 0.29) is 112 Å². The summed E-state index contributed by atoms with van der Waals surface area (Å²) in [5.41, 5.74) is 25.3. The molecule has 141 heavy (non-hydrogen) atoms. The van der Waals surface area contributed by atoms with Crippen LogP contribution in [0.25, 0.3) is 21.8 Å². The molecule has 2 saturated heterocycles. The van der Waals surface area contributed by atoms with Crippen LogP contribution in [0.1, 0.15) is 156 Å². The van der Waals surface area contributed by atoms with Gasteiger partial charge in [0.05, 0.1) is 31.0 Å². The van der Waals surface area contributed by atoms with Crippen LogP contribution in [0.3, 0.4) is 0 Å². The van der Waals surface area contributed by atoms with Crippen molar-refractivity contribution in [3.8, 4) is 5.75 Å². The van der Waals surface area contributed by atoms with Gasteiger partial charge in [-0.25, -0.2) is 4.98 Å². The van der Waals surface area contributed by atoms with E-state index < -0.39 is 236 Å². The van der Waals surface area contributed by atoms with E-state index in [1.54, 1.807) is 101 Å². The number of likely N-dealkylation sites (N-methyl/N-ethyl adjacent to an activating group) is 3. The molecule has 45 heteroatoms. The van der Waals surface area contributed by atoms with E-state index in [4.69, 9.17) is 22.9 Å². The van der Waals surface area contributed by atoms with E-state index in [1.807, 2.05) is 13.8 Å². The van der Waals surface area contributed by atoms with Gasteiger partial charge in [0.1, 0.15) is 96.7 Å². The van der Waals surface area contributed by atoms with Gasteiger partial charge in [0, 0.05) is 118 Å². The summed E-state index contributed by atoms with van der Waals surface area (Å²) in [4.78, 5) is 274. The van der Waals surface area contributed by atoms with E-state index in [0.29, 0.717) is 58.6 Å². The molecule has 3 aromatic carbocycles. The van der Waals surface area contributed by atoms with Gasteiger partial charge in [0.2, 0.25) is 100 Å². The highest BCUT2D eigenvalue weighted by Gasteiger charge is 2.47. The number of carbonyl (C=O) groups is 18. The van der Waals surface area contributed by atoms with Gasteiger partial charge >= 0.3 is 5.97 Å². The average Bonchev–Trinajstić information content (AvgIpc) is 1.64. The number of likely N-dealkylation sites (tertiary alicyclic amines) is 2. The zero-order valence-corrected chi connectivity index (χ0v) is 82.4. The Balaban J connectivity index is 1.06. The van der Waals surface area contributed by atoms with Gasteiger partial charge in [-0.1, -0.05) is 123 Å². The molecule has 8 rings (SSSR count). The quantitative estimate of drug-likeness (QED) is 0.0225. The number of aliphatic carboxylic acids is 1. The maximum Gasteiger partial charge on any atom is 0.323 e. The summed E-state index contributed by atoms with van der Waals surface area (Å²) in [6.07, 6.45) is 5.97. The van der Waals surface area contributed by atoms with Crippen LogP contribution in [0.15, 0.2) is 104 Å². The number of unbranched alkanes of at least 4 members (excludes halogenated alkanes) is 2. The number of β-amino-alcohol motifs (C(OH)–C–C–N with tert-alkyl or cyclic N) is 1. The molecule has 0 radical (unpaired) electrons. The number of thioether (sulfide) groups is 1. The maximum atomic E-state index is 15.9. The van der Waals surface area contributed by atoms with Crippen LogP contribution < -0.4 is 76.1 Å². The second kappa shape index (κ2) is 54.1. The highest BCUT2D eigenvalue weighted by atomic mass is 32.2. The molecule has 2 aliphatic rings. The molecule has 0 bridgehead atoms. The second-order valence-electron chi connectivity index (χ2n) is 36.8. The van der Waals surface area contributed by atoms with E-state index in [1.165, 1.54) is 79.4 Å². The molecule has 2 aliphatic heterocycles. The van der Waals surface area contributed by atoms with Gasteiger partial charge in [0.25, 0.3) is 0 Å². The van der Waals surface area contributed by atoms with Crippen molar-refractivity contribution in [2.45, 2.75) is 249 Å². The summed E-state index contributed by atoms with van der Waals surface area (Å²) in [6.45, 7) is 11.5. The number of nitrogens with zero attached hydrogens (tertiary/aromatic N) is 8. The van der Waals surface area contributed by atoms with Gasteiger partial charge < -0.3 is 125 Å². The summed E-state index contributed by atoms with van der Waals surface area (Å²) < 4.78 is 1.44. The number of anilines is 1. The summed E-state index contributed by atoms with van der Waals surface area (Å²) in [5.74, 6) is -17.1. The Kier molecular flexibility index (Phi) is 43.1. The van der Waals surface area contributed by atoms with Crippen molar-refractivity contribution in [3.05, 3.63) is 120 Å². The Hall–Kier alpha value is -13.8. The lowest BCUT2D eigenvalue weighted by molar-refractivity contribution is -0.149. The normalized spacial score (nSPS) is 16.6. The van der Waals surface area contributed by atoms with Crippen molar-refractivity contribution in [1.29, 1.82) is 0 Å². The minimum atomic E-state index is -1.66. The molecule has 44 nitrogen and oxygen atoms in total. The molecule has 0 spiro atoms. The number of hydrogen-bond donors (Lipinski definition) is 18. The number of amides is 17. The summed E-state index contributed by atoms with van der Waals surface area (Å²) in [6, 6.07) is 0.924. The third-order valence-electron chi connectivity index (χ3n) is 24.8. The Morgan fingerprint density at radius 3 is 1.77 bits per heavy atom. The highest BCUT2D eigenvalue weighted by Crippen LogP contribution is 2.29. The lowest BCUT2D eigenvalue weighted by Gasteiger charge is -2.36. The lowest BCUT2D eigenvalue weighted by atomic mass is 9.99. The first-order valence-corrected chi connectivity index (χ1v) is 48.6. The number of rotatable bonds is 56. The zero-order valence-electron chi connectivity index (χ0n) is 81.6. The number of carboxylic acids is 1. The van der Waals surface area contributed by atoms with Gasteiger partial charge in [-0.3, -0.25) is 91.3 Å². The molecular weight excluding hydrogens is 1840 g/mol. The molecular formula is C96H137N23O21S. The molecule has 15 atom stereocenters. The Bertz CT molecular complexity index is 5390. The number of hydrogen-bond acceptors (Lipinski definition) is 25. The number of aromatic amines is 1. The summed E-state index contributed by atoms with van der Waals surface area (Å²) in [5, 5.41) is 59.7. The monoisotopic (exact) mass is 1980 g/mol. The minimum absolute atomic E-state index is 0.00148. The number of phenolic OH excluding ortho intramolecular Hbond substituents is 1. The number of fused-ring (bicyclic) bond motifs is 2. The van der Waals surface area contributed by atoms with E-state index in [9.17, 15) is 68.1 Å². The lowest BCUT2D eigenvalue weighted by Crippen LogP contribution is -2.61. The number of carbonyl (C=O) groups excluding carboxylic acids is 17. The Morgan fingerprint density at radius 2 is 1.13 bits per heavy atom. The molecule has 0 aliphatic carbocycles. The summed E-state index contributed by atoms with van der Waals surface area (Å²) >= 11 is 0.927. The number of aromatic nitrogens is 4. The number of H-pyrrole nitrogens is 1. The Labute approximate surface area is 822 Å². The van der Waals surface area contributed by atoms with E-state index in [2.05, 4.69) is 68.1 Å². The van der Waals surface area contributed by atoms with Gasteiger partial charge in [-0.2, -0.15) is 0 Å². The fourth-order valence-corrected chi connectivity index (χ4v) is 18.0. The van der Waals surface area contributed by atoms with Crippen LogP contribution in [-0.2, 0) is 112 Å². The number of nitrogens with one attached hydrogen (secondary N) is 11. The van der Waals surface area contributed by atoms with Crippen LogP contribution in [0, 0.1) is 17.8 Å². The van der Waals surface area contributed by atoms with Crippen molar-refractivity contribution in [3.63, 3.8) is 0 Å². The largest absolute Gasteiger partial charge is 0.508 e. The SMILES string of the molecule is CCCC[C@@H](C(=O)N(C)[C@@H](CCCC)C(=O)N[C@@H](CC(C)C)C(=O)N[C@@H](CSCC(N)=O)C(=O)NCC(N)=O)N(C)C(=O)[C@H](Cc1cn(CC(=O)O)c2ccccc12)NC(=O)[C@H](CCN)NC(=O)[C@H](Cc1c[nH]c2ccccc12)NC(=O)[C@@H]1C[C@@H](O)CN1C(=O)[C@H](CC(C)C)NC(=O)[C@H](CNc1cnccn1)NC(=O)[C@@H]1CCCN1C(=O)[C@H](CC(N)=O)NC(=O)[C@H](C)N(C)C(=O)[C@@H](C)Cc1ccc(O)cc1. The van der Waals surface area contributed by atoms with Crippen molar-refractivity contribution in [1.82, 2.24) is 91.9 Å². The first-order valence-electron chi connectivity index (χ1n) is 47.5. The van der Waals surface area contributed by atoms with E-state index in [0.717, 1.165) is 32.0 Å². The van der Waals surface area contributed by atoms with Crippen LogP contribution in [0.2, 0.25) is 0 Å². The zero-order chi connectivity index (χ0) is 104. The van der Waals surface area contributed by atoms with Gasteiger partial charge in [0.15, 0.2) is 0 Å². The third kappa shape index (κ3) is 32.6. The molecule has 17 amide bonds. The number of carboxylic acid groups (broad SMARTS) is 1. The van der Waals surface area contributed by atoms with Crippen molar-refractivity contribution >= 4 is 146 Å². The molecule has 0 unspecified atom stereocenters. The molecule has 3 aromatic heterocycles. The minimum Gasteiger partial charge on any atom is -0.508 e. The number of aliphatic hydroxyl groups is 1. The molecule has 22 N–H and O–H groups in total. The van der Waals surface area contributed by atoms with Gasteiger partial charge in [-0.15, -0.1) is 11.8 Å². The Morgan fingerprint density at radius 1 is 0.560 bits per heavy atom. The van der Waals surface area contributed by atoms with Crippen LogP contribution in [-0.4, -0.2) is 316 Å². The number of para-hydroxylation sites is 2. The standard InChI is InChI=1S/C96H137N23O21S/c1-12-14-24-74(89(133)107-66(37-53(3)4)86(130)113-72(51-141-52-80(100)124)84(128)105-46-79(99)123)115(10)96(140)76(25-15-13-2)116(11)93(137)69(41-59-48-117(50-82(125)126)73-26-19-17-22-63(59)73)111-85(129)65(32-33-97)106-87(131)67(40-58-44-103-64-23-18-16-21-62(58)64)108-91(135)77-42-61(121)49-119(77)95(139)68(38-54(5)6)110-88(132)71(45-104-81-47-101-34-35-102-81)112-90(134)75-27-20-36-118(75)94(138)70(43-78(98)122)109-83(127)56(8)114(9)92(136)55(7)39-57-28-30-60(120)31-29-57/h16-19,21-23,26,28-31,34-35,44,47-48,53-56,61,65-72,74-77,103,120-121H,12-15,20,24-25,27,32-33,36-43,45-46,49-52,97H2,1-11H3,(H2,98,122)(H2,99,123)(H2,100,124)(H,102,104)(H,105,128)(H,106,131)(H,107,133)(H,108,135)(H,109,127)(H,110,132)(H,111,129)(H,112,134)(H,113,130)(H,125,126)/t55-,56-,61+,65-,66-,67-,68-,69-,70-,71-,72-,74-,75-,76-,77-/m0/s1. The molecule has 768 valence electrons. The number of benzene rings is 3. The smallest absolute Gasteiger partial charge is 0.323 e. The molecule has 2 fully saturated rings. The fourth-order valence-electron chi connectivity index (χ4n) is 17.3. The van der Waals surface area contributed by atoms with E-state index >= 15 is 33.6 Å². The van der Waals surface area contributed by atoms with Crippen LogP contribution in [0.5, 0.6) is 5.75 Å². The number of primary amides is 3. The highest BCUT2D eigenvalue weighted by molar-refractivity contribution is 8.00. The summed E-state index contributed by atoms with van der Waals surface area (Å²) in [7, 11) is 4.12. The maximum absolute atomic E-state index is 15.9.